The van der Waals surface area contributed by atoms with Gasteiger partial charge in [0.2, 0.25) is 5.91 Å². The lowest BCUT2D eigenvalue weighted by atomic mass is 9.94. The van der Waals surface area contributed by atoms with E-state index in [2.05, 4.69) is 37.4 Å². The van der Waals surface area contributed by atoms with Crippen molar-refractivity contribution in [3.63, 3.8) is 0 Å². The van der Waals surface area contributed by atoms with Gasteiger partial charge in [-0.05, 0) is 32.4 Å². The lowest BCUT2D eigenvalue weighted by Gasteiger charge is -2.22. The Morgan fingerprint density at radius 1 is 1.07 bits per heavy atom. The van der Waals surface area contributed by atoms with Crippen LogP contribution in [0, 0.1) is 17.3 Å². The molecule has 0 aliphatic rings. The van der Waals surface area contributed by atoms with Gasteiger partial charge in [-0.15, -0.1) is 0 Å². The zero-order valence-electron chi connectivity index (χ0n) is 24.5. The number of hydrogen-bond acceptors (Lipinski definition) is 9. The van der Waals surface area contributed by atoms with Crippen molar-refractivity contribution in [3.8, 4) is 17.6 Å². The molecule has 1 aromatic carbocycles. The van der Waals surface area contributed by atoms with Gasteiger partial charge in [0.25, 0.3) is 5.91 Å². The summed E-state index contributed by atoms with van der Waals surface area (Å²) >= 11 is 0. The number of anilines is 1. The van der Waals surface area contributed by atoms with Crippen LogP contribution in [0.5, 0.6) is 5.75 Å². The van der Waals surface area contributed by atoms with E-state index in [0.29, 0.717) is 22.3 Å². The Morgan fingerprint density at radius 3 is 2.48 bits per heavy atom. The maximum atomic E-state index is 13.6. The highest BCUT2D eigenvalue weighted by atomic mass is 16.5. The molecule has 0 bridgehead atoms. The van der Waals surface area contributed by atoms with Crippen molar-refractivity contribution in [3.05, 3.63) is 47.5 Å². The maximum absolute atomic E-state index is 13.6. The number of carbonyl (C=O) groups excluding carboxylic acids is 4. The van der Waals surface area contributed by atoms with Crippen LogP contribution in [0.2, 0.25) is 0 Å². The minimum absolute atomic E-state index is 0.0328. The molecule has 0 radical (unpaired) electrons. The fraction of sp³-hybridized carbons (Fsp3) is 0.400. The highest BCUT2D eigenvalue weighted by Gasteiger charge is 2.29. The molecule has 0 aliphatic heterocycles. The number of methoxy groups -OCH3 is 1. The molecule has 3 aromatic rings. The second-order valence-electron chi connectivity index (χ2n) is 10.1. The van der Waals surface area contributed by atoms with Gasteiger partial charge in [-0.25, -0.2) is 14.8 Å². The molecule has 222 valence electrons. The van der Waals surface area contributed by atoms with Crippen LogP contribution in [0.1, 0.15) is 68.9 Å². The molecule has 1 atom stereocenters. The molecular weight excluding hydrogens is 542 g/mol. The summed E-state index contributed by atoms with van der Waals surface area (Å²) in [6.45, 7) is 8.76. The minimum atomic E-state index is -1.14. The van der Waals surface area contributed by atoms with Crippen LogP contribution in [0.25, 0.3) is 11.0 Å². The summed E-state index contributed by atoms with van der Waals surface area (Å²) in [7, 11) is 1.45. The third kappa shape index (κ3) is 7.84. The Hall–Kier alpha value is -4.92. The molecule has 3 N–H and O–H groups in total. The van der Waals surface area contributed by atoms with E-state index in [1.165, 1.54) is 19.5 Å². The van der Waals surface area contributed by atoms with E-state index in [-0.39, 0.29) is 48.8 Å². The van der Waals surface area contributed by atoms with Crippen molar-refractivity contribution in [2.75, 3.05) is 25.6 Å². The van der Waals surface area contributed by atoms with Gasteiger partial charge in [-0.1, -0.05) is 32.6 Å². The van der Waals surface area contributed by atoms with Crippen LogP contribution in [0.3, 0.4) is 0 Å². The van der Waals surface area contributed by atoms with Crippen molar-refractivity contribution in [2.24, 2.45) is 5.41 Å². The maximum Gasteiger partial charge on any atom is 0.328 e. The van der Waals surface area contributed by atoms with E-state index < -0.39 is 29.3 Å². The van der Waals surface area contributed by atoms with E-state index in [0.717, 1.165) is 0 Å². The monoisotopic (exact) mass is 577 g/mol. The van der Waals surface area contributed by atoms with Gasteiger partial charge in [0, 0.05) is 24.2 Å². The van der Waals surface area contributed by atoms with Crippen molar-refractivity contribution in [2.45, 2.75) is 53.5 Å². The van der Waals surface area contributed by atoms with E-state index in [1.807, 2.05) is 0 Å². The molecule has 0 saturated carbocycles. The van der Waals surface area contributed by atoms with Gasteiger partial charge in [0.15, 0.2) is 0 Å². The molecule has 42 heavy (non-hydrogen) atoms. The number of ether oxygens (including phenoxy) is 3. The number of nitrogens with one attached hydrogen (secondary N) is 3. The number of amides is 2. The second-order valence-corrected chi connectivity index (χ2v) is 10.1. The largest absolute Gasteiger partial charge is 0.495 e. The Bertz CT molecular complexity index is 1530. The molecule has 0 unspecified atom stereocenters. The number of aromatic amines is 1. The lowest BCUT2D eigenvalue weighted by molar-refractivity contribution is -0.146. The van der Waals surface area contributed by atoms with E-state index >= 15 is 0 Å². The fourth-order valence-corrected chi connectivity index (χ4v) is 3.81. The topological polar surface area (TPSA) is 162 Å². The standard InChI is InChI=1S/C30H35N5O7/c1-7-41-24(36)14-12-22(28(38)42-8-2)34-27(37)20-11-13-23(40-6)19(25(20)35-29(39)30(3,4)5)10-9-18-15-32-26-21(18)16-31-17-33-26/h11,13,15-17,22H,7-8,12,14H2,1-6H3,(H,34,37)(H,35,39)(H,31,32,33)/t22-/m0/s1. The summed E-state index contributed by atoms with van der Waals surface area (Å²) in [5.41, 5.74) is 0.755. The SMILES string of the molecule is CCOC(=O)CC[C@H](NC(=O)c1ccc(OC)c(C#Cc2c[nH]c3ncncc23)c1NC(=O)C(C)(C)C)C(=O)OCC. The second kappa shape index (κ2) is 14.1. The highest BCUT2D eigenvalue weighted by molar-refractivity contribution is 6.07. The molecule has 0 saturated heterocycles. The normalized spacial score (nSPS) is 11.6. The number of benzene rings is 1. The van der Waals surface area contributed by atoms with Crippen LogP contribution < -0.4 is 15.4 Å². The lowest BCUT2D eigenvalue weighted by Crippen LogP contribution is -2.42. The molecular formula is C30H35N5O7. The highest BCUT2D eigenvalue weighted by Crippen LogP contribution is 2.32. The van der Waals surface area contributed by atoms with Crippen LogP contribution in [0.4, 0.5) is 5.69 Å². The van der Waals surface area contributed by atoms with Gasteiger partial charge in [-0.3, -0.25) is 14.4 Å². The average molecular weight is 578 g/mol. The van der Waals surface area contributed by atoms with Crippen LogP contribution in [0.15, 0.2) is 30.9 Å². The van der Waals surface area contributed by atoms with Crippen molar-refractivity contribution in [1.82, 2.24) is 20.3 Å². The summed E-state index contributed by atoms with van der Waals surface area (Å²) in [6, 6.07) is 1.86. The average Bonchev–Trinajstić information content (AvgIpc) is 3.36. The predicted octanol–water partition coefficient (Wildman–Crippen LogP) is 3.36. The Kier molecular flexibility index (Phi) is 10.6. The molecule has 2 heterocycles. The molecule has 3 rings (SSSR count). The third-order valence-corrected chi connectivity index (χ3v) is 6.05. The summed E-state index contributed by atoms with van der Waals surface area (Å²) in [5, 5.41) is 6.17. The summed E-state index contributed by atoms with van der Waals surface area (Å²) < 4.78 is 15.6. The predicted molar refractivity (Wildman–Crippen MR) is 155 cm³/mol. The molecule has 12 nitrogen and oxygen atoms in total. The molecule has 2 amide bonds. The van der Waals surface area contributed by atoms with E-state index in [4.69, 9.17) is 14.2 Å². The Balaban J connectivity index is 2.08. The zero-order chi connectivity index (χ0) is 30.9. The van der Waals surface area contributed by atoms with E-state index in [1.54, 1.807) is 53.1 Å². The number of carbonyl (C=O) groups is 4. The Labute approximate surface area is 243 Å². The zero-order valence-corrected chi connectivity index (χ0v) is 24.5. The quantitative estimate of drug-likeness (QED) is 0.242. The fourth-order valence-electron chi connectivity index (χ4n) is 3.81. The number of fused-ring (bicyclic) bond motifs is 1. The van der Waals surface area contributed by atoms with Crippen molar-refractivity contribution in [1.29, 1.82) is 0 Å². The molecule has 12 heteroatoms. The number of hydrogen-bond donors (Lipinski definition) is 3. The molecule has 0 spiro atoms. The number of H-pyrrole nitrogens is 1. The van der Waals surface area contributed by atoms with Crippen LogP contribution >= 0.6 is 0 Å². The number of esters is 2. The van der Waals surface area contributed by atoms with Crippen LogP contribution in [-0.4, -0.2) is 65.1 Å². The summed E-state index contributed by atoms with van der Waals surface area (Å²) in [5.74, 6) is 4.11. The number of rotatable bonds is 10. The smallest absolute Gasteiger partial charge is 0.328 e. The van der Waals surface area contributed by atoms with Gasteiger partial charge < -0.3 is 29.8 Å². The first-order valence-electron chi connectivity index (χ1n) is 13.4. The van der Waals surface area contributed by atoms with Crippen molar-refractivity contribution < 1.29 is 33.4 Å². The third-order valence-electron chi connectivity index (χ3n) is 6.05. The summed E-state index contributed by atoms with van der Waals surface area (Å²) in [6.07, 6.45) is 4.56. The van der Waals surface area contributed by atoms with Crippen LogP contribution in [-0.2, 0) is 23.9 Å². The number of nitrogens with zero attached hydrogens (tertiary/aromatic N) is 2. The molecule has 0 fully saturated rings. The van der Waals surface area contributed by atoms with Gasteiger partial charge in [-0.2, -0.15) is 0 Å². The summed E-state index contributed by atoms with van der Waals surface area (Å²) in [4.78, 5) is 62.6. The minimum Gasteiger partial charge on any atom is -0.495 e. The van der Waals surface area contributed by atoms with Gasteiger partial charge >= 0.3 is 11.9 Å². The van der Waals surface area contributed by atoms with Gasteiger partial charge in [0.05, 0.1) is 48.1 Å². The van der Waals surface area contributed by atoms with Gasteiger partial charge in [0.1, 0.15) is 23.8 Å². The number of aromatic nitrogens is 3. The Morgan fingerprint density at radius 2 is 1.81 bits per heavy atom. The van der Waals surface area contributed by atoms with Crippen molar-refractivity contribution >= 4 is 40.5 Å². The first kappa shape index (κ1) is 31.6. The first-order chi connectivity index (χ1) is 20.0. The molecule has 0 aliphatic carbocycles. The van der Waals surface area contributed by atoms with E-state index in [9.17, 15) is 19.2 Å². The first-order valence-corrected chi connectivity index (χ1v) is 13.4. The molecule has 2 aromatic heterocycles.